The molecule has 120 valence electrons. The standard InChI is InChI=1S/C16H17N3O3S/c1-20-12-5-4-10(13(21-2)14(12)22-3)8-17-15-11-6-7-23-16(11)19-9-18-15/h4-7,9H,8H2,1-3H3,(H,17,18,19). The maximum atomic E-state index is 5.50. The zero-order chi connectivity index (χ0) is 16.2. The van der Waals surface area contributed by atoms with Gasteiger partial charge in [-0.05, 0) is 23.6 Å². The molecule has 0 bridgehead atoms. The summed E-state index contributed by atoms with van der Waals surface area (Å²) in [6.07, 6.45) is 1.56. The largest absolute Gasteiger partial charge is 0.493 e. The minimum absolute atomic E-state index is 0.547. The van der Waals surface area contributed by atoms with Gasteiger partial charge in [0.15, 0.2) is 11.5 Å². The van der Waals surface area contributed by atoms with Gasteiger partial charge in [-0.25, -0.2) is 9.97 Å². The van der Waals surface area contributed by atoms with Crippen molar-refractivity contribution >= 4 is 27.4 Å². The van der Waals surface area contributed by atoms with Crippen LogP contribution in [0.3, 0.4) is 0 Å². The van der Waals surface area contributed by atoms with Crippen molar-refractivity contribution in [1.29, 1.82) is 0 Å². The zero-order valence-corrected chi connectivity index (χ0v) is 13.9. The van der Waals surface area contributed by atoms with E-state index in [9.17, 15) is 0 Å². The van der Waals surface area contributed by atoms with Crippen LogP contribution in [0.1, 0.15) is 5.56 Å². The summed E-state index contributed by atoms with van der Waals surface area (Å²) in [5.41, 5.74) is 0.951. The van der Waals surface area contributed by atoms with Gasteiger partial charge in [0, 0.05) is 12.1 Å². The Morgan fingerprint density at radius 3 is 2.57 bits per heavy atom. The number of anilines is 1. The molecule has 6 nitrogen and oxygen atoms in total. The molecule has 0 aliphatic heterocycles. The van der Waals surface area contributed by atoms with E-state index in [0.717, 1.165) is 21.6 Å². The summed E-state index contributed by atoms with van der Waals surface area (Å²) in [7, 11) is 4.81. The number of rotatable bonds is 6. The molecule has 3 rings (SSSR count). The summed E-state index contributed by atoms with van der Waals surface area (Å²) in [5, 5.41) is 6.35. The number of thiophene rings is 1. The summed E-state index contributed by atoms with van der Waals surface area (Å²) >= 11 is 1.59. The summed E-state index contributed by atoms with van der Waals surface area (Å²) in [6, 6.07) is 5.81. The van der Waals surface area contributed by atoms with Gasteiger partial charge in [-0.3, -0.25) is 0 Å². The van der Waals surface area contributed by atoms with Crippen LogP contribution in [0, 0.1) is 0 Å². The molecule has 23 heavy (non-hydrogen) atoms. The topological polar surface area (TPSA) is 65.5 Å². The number of hydrogen-bond donors (Lipinski definition) is 1. The van der Waals surface area contributed by atoms with E-state index < -0.39 is 0 Å². The van der Waals surface area contributed by atoms with E-state index in [1.165, 1.54) is 0 Å². The van der Waals surface area contributed by atoms with Gasteiger partial charge in [-0.2, -0.15) is 0 Å². The van der Waals surface area contributed by atoms with E-state index in [0.29, 0.717) is 23.8 Å². The molecule has 2 aromatic heterocycles. The van der Waals surface area contributed by atoms with Crippen LogP contribution in [0.4, 0.5) is 5.82 Å². The van der Waals surface area contributed by atoms with Gasteiger partial charge >= 0.3 is 0 Å². The molecule has 0 aliphatic rings. The second-order valence-electron chi connectivity index (χ2n) is 4.71. The summed E-state index contributed by atoms with van der Waals surface area (Å²) in [4.78, 5) is 9.52. The summed E-state index contributed by atoms with van der Waals surface area (Å²) < 4.78 is 16.2. The number of ether oxygens (including phenoxy) is 3. The summed E-state index contributed by atoms with van der Waals surface area (Å²) in [6.45, 7) is 0.547. The molecule has 0 saturated heterocycles. The Bertz CT molecular complexity index is 819. The van der Waals surface area contributed by atoms with Crippen LogP contribution < -0.4 is 19.5 Å². The SMILES string of the molecule is COc1ccc(CNc2ncnc3sccc23)c(OC)c1OC. The highest BCUT2D eigenvalue weighted by Gasteiger charge is 2.16. The van der Waals surface area contributed by atoms with E-state index in [1.807, 2.05) is 23.6 Å². The van der Waals surface area contributed by atoms with Crippen LogP contribution in [0.2, 0.25) is 0 Å². The monoisotopic (exact) mass is 331 g/mol. The average molecular weight is 331 g/mol. The third-order valence-electron chi connectivity index (χ3n) is 3.49. The van der Waals surface area contributed by atoms with Gasteiger partial charge in [0.25, 0.3) is 0 Å². The fourth-order valence-corrected chi connectivity index (χ4v) is 3.14. The lowest BCUT2D eigenvalue weighted by atomic mass is 10.1. The van der Waals surface area contributed by atoms with Crippen molar-refractivity contribution in [3.8, 4) is 17.2 Å². The molecule has 0 spiro atoms. The fraction of sp³-hybridized carbons (Fsp3) is 0.250. The molecule has 2 heterocycles. The van der Waals surface area contributed by atoms with E-state index in [2.05, 4.69) is 15.3 Å². The molecule has 1 aromatic carbocycles. The Labute approximate surface area is 138 Å². The third kappa shape index (κ3) is 2.87. The van der Waals surface area contributed by atoms with Gasteiger partial charge < -0.3 is 19.5 Å². The number of fused-ring (bicyclic) bond motifs is 1. The molecule has 0 atom stereocenters. The van der Waals surface area contributed by atoms with Crippen molar-refractivity contribution in [3.05, 3.63) is 35.5 Å². The first-order valence-corrected chi connectivity index (χ1v) is 7.86. The number of methoxy groups -OCH3 is 3. The molecule has 7 heteroatoms. The lowest BCUT2D eigenvalue weighted by Crippen LogP contribution is -2.05. The van der Waals surface area contributed by atoms with E-state index in [1.54, 1.807) is 39.0 Å². The molecule has 0 unspecified atom stereocenters. The van der Waals surface area contributed by atoms with E-state index in [4.69, 9.17) is 14.2 Å². The summed E-state index contributed by atoms with van der Waals surface area (Å²) in [5.74, 6) is 2.66. The highest BCUT2D eigenvalue weighted by atomic mass is 32.1. The molecule has 0 amide bonds. The van der Waals surface area contributed by atoms with E-state index in [-0.39, 0.29) is 0 Å². The molecule has 3 aromatic rings. The van der Waals surface area contributed by atoms with Gasteiger partial charge in [0.1, 0.15) is 17.0 Å². The maximum Gasteiger partial charge on any atom is 0.203 e. The Morgan fingerprint density at radius 1 is 1.00 bits per heavy atom. The van der Waals surface area contributed by atoms with Gasteiger partial charge in [0.2, 0.25) is 5.75 Å². The molecule has 1 N–H and O–H groups in total. The highest BCUT2D eigenvalue weighted by molar-refractivity contribution is 7.16. The van der Waals surface area contributed by atoms with Crippen molar-refractivity contribution in [3.63, 3.8) is 0 Å². The number of hydrogen-bond acceptors (Lipinski definition) is 7. The normalized spacial score (nSPS) is 10.6. The van der Waals surface area contributed by atoms with E-state index >= 15 is 0 Å². The third-order valence-corrected chi connectivity index (χ3v) is 4.31. The molecule has 0 radical (unpaired) electrons. The van der Waals surface area contributed by atoms with Crippen LogP contribution in [0.5, 0.6) is 17.2 Å². The molecular formula is C16H17N3O3S. The Hall–Kier alpha value is -2.54. The quantitative estimate of drug-likeness (QED) is 0.747. The van der Waals surface area contributed by atoms with Crippen LogP contribution in [-0.2, 0) is 6.54 Å². The molecule has 0 fully saturated rings. The number of aromatic nitrogens is 2. The number of nitrogens with one attached hydrogen (secondary N) is 1. The Morgan fingerprint density at radius 2 is 1.83 bits per heavy atom. The van der Waals surface area contributed by atoms with Crippen LogP contribution >= 0.6 is 11.3 Å². The smallest absolute Gasteiger partial charge is 0.203 e. The fourth-order valence-electron chi connectivity index (χ4n) is 2.41. The lowest BCUT2D eigenvalue weighted by molar-refractivity contribution is 0.322. The maximum absolute atomic E-state index is 5.50. The molecular weight excluding hydrogens is 314 g/mol. The zero-order valence-electron chi connectivity index (χ0n) is 13.1. The first-order chi connectivity index (χ1) is 11.3. The van der Waals surface area contributed by atoms with Crippen molar-refractivity contribution < 1.29 is 14.2 Å². The van der Waals surface area contributed by atoms with Crippen molar-refractivity contribution in [1.82, 2.24) is 9.97 Å². The average Bonchev–Trinajstić information content (AvgIpc) is 3.08. The Kier molecular flexibility index (Phi) is 4.47. The first kappa shape index (κ1) is 15.4. The van der Waals surface area contributed by atoms with Crippen molar-refractivity contribution in [2.75, 3.05) is 26.6 Å². The van der Waals surface area contributed by atoms with Crippen LogP contribution in [0.25, 0.3) is 10.2 Å². The molecule has 0 saturated carbocycles. The Balaban J connectivity index is 1.90. The van der Waals surface area contributed by atoms with Crippen molar-refractivity contribution in [2.24, 2.45) is 0 Å². The van der Waals surface area contributed by atoms with Crippen molar-refractivity contribution in [2.45, 2.75) is 6.54 Å². The number of benzene rings is 1. The first-order valence-electron chi connectivity index (χ1n) is 6.98. The van der Waals surface area contributed by atoms with Gasteiger partial charge in [-0.1, -0.05) is 0 Å². The highest BCUT2D eigenvalue weighted by Crippen LogP contribution is 2.40. The van der Waals surface area contributed by atoms with Gasteiger partial charge in [-0.15, -0.1) is 11.3 Å². The van der Waals surface area contributed by atoms with Crippen LogP contribution in [-0.4, -0.2) is 31.3 Å². The minimum atomic E-state index is 0.547. The van der Waals surface area contributed by atoms with Crippen LogP contribution in [0.15, 0.2) is 29.9 Å². The minimum Gasteiger partial charge on any atom is -0.493 e. The predicted octanol–water partition coefficient (Wildman–Crippen LogP) is 3.33. The predicted molar refractivity (Wildman–Crippen MR) is 90.8 cm³/mol. The van der Waals surface area contributed by atoms with Gasteiger partial charge in [0.05, 0.1) is 26.7 Å². The number of nitrogens with zero attached hydrogens (tertiary/aromatic N) is 2. The molecule has 0 aliphatic carbocycles. The second-order valence-corrected chi connectivity index (χ2v) is 5.60. The second kappa shape index (κ2) is 6.70. The lowest BCUT2D eigenvalue weighted by Gasteiger charge is -2.16.